The van der Waals surface area contributed by atoms with Crippen molar-refractivity contribution >= 4 is 11.6 Å². The number of aromatic nitrogens is 2. The van der Waals surface area contributed by atoms with Crippen LogP contribution < -0.4 is 10.6 Å². The molecule has 1 amide bonds. The lowest BCUT2D eigenvalue weighted by Gasteiger charge is -2.22. The van der Waals surface area contributed by atoms with Gasteiger partial charge in [-0.2, -0.15) is 5.10 Å². The monoisotopic (exact) mass is 272 g/mol. The number of amides is 1. The van der Waals surface area contributed by atoms with Crippen molar-refractivity contribution < 1.29 is 4.79 Å². The van der Waals surface area contributed by atoms with E-state index in [1.54, 1.807) is 36.1 Å². The lowest BCUT2D eigenvalue weighted by Crippen LogP contribution is -2.36. The van der Waals surface area contributed by atoms with Crippen molar-refractivity contribution in [3.8, 4) is 0 Å². The number of nitrogens with zero attached hydrogens (tertiary/aromatic N) is 3. The van der Waals surface area contributed by atoms with Crippen LogP contribution >= 0.6 is 0 Å². The Kier molecular flexibility index (Phi) is 3.90. The van der Waals surface area contributed by atoms with Crippen LogP contribution in [0.15, 0.2) is 30.6 Å². The first kappa shape index (κ1) is 14.3. The average Bonchev–Trinajstić information content (AvgIpc) is 2.83. The second-order valence-electron chi connectivity index (χ2n) is 5.11. The molecule has 0 bridgehead atoms. The molecule has 0 spiro atoms. The van der Waals surface area contributed by atoms with E-state index in [0.29, 0.717) is 5.56 Å². The van der Waals surface area contributed by atoms with Gasteiger partial charge in [-0.05, 0) is 25.5 Å². The summed E-state index contributed by atoms with van der Waals surface area (Å²) in [7, 11) is 3.55. The van der Waals surface area contributed by atoms with Gasteiger partial charge in [-0.25, -0.2) is 0 Å². The molecule has 20 heavy (non-hydrogen) atoms. The summed E-state index contributed by atoms with van der Waals surface area (Å²) in [5, 5.41) is 4.05. The lowest BCUT2D eigenvalue weighted by molar-refractivity contribution is -0.119. The molecule has 106 valence electrons. The van der Waals surface area contributed by atoms with Crippen LogP contribution in [0, 0.1) is 13.8 Å². The van der Waals surface area contributed by atoms with Crippen LogP contribution in [0.25, 0.3) is 0 Å². The van der Waals surface area contributed by atoms with Crippen molar-refractivity contribution in [2.45, 2.75) is 19.9 Å². The number of carbonyl (C=O) groups excluding carboxylic acids is 1. The molecule has 1 heterocycles. The summed E-state index contributed by atoms with van der Waals surface area (Å²) in [6.07, 6.45) is 3.39. The first-order valence-corrected chi connectivity index (χ1v) is 6.49. The second kappa shape index (κ2) is 5.46. The molecule has 0 fully saturated rings. The third-order valence-electron chi connectivity index (χ3n) is 3.39. The van der Waals surface area contributed by atoms with E-state index in [2.05, 4.69) is 11.2 Å². The molecule has 5 nitrogen and oxygen atoms in total. The minimum absolute atomic E-state index is 0.148. The standard InChI is InChI=1S/C15H20N4O/c1-10-5-6-13(11(2)7-10)19(4)15(20)14(16)12-8-17-18(3)9-12/h5-9,14H,16H2,1-4H3. The minimum atomic E-state index is -0.700. The van der Waals surface area contributed by atoms with E-state index in [4.69, 9.17) is 5.73 Å². The maximum Gasteiger partial charge on any atom is 0.248 e. The van der Waals surface area contributed by atoms with Gasteiger partial charge in [0.2, 0.25) is 5.91 Å². The molecule has 0 radical (unpaired) electrons. The predicted molar refractivity (Wildman–Crippen MR) is 79.5 cm³/mol. The maximum absolute atomic E-state index is 12.5. The zero-order valence-corrected chi connectivity index (χ0v) is 12.3. The van der Waals surface area contributed by atoms with E-state index in [0.717, 1.165) is 11.3 Å². The number of benzene rings is 1. The number of hydrogen-bond donors (Lipinski definition) is 1. The number of anilines is 1. The zero-order chi connectivity index (χ0) is 14.9. The number of carbonyl (C=O) groups is 1. The Morgan fingerprint density at radius 2 is 2.10 bits per heavy atom. The molecule has 0 aliphatic rings. The fourth-order valence-electron chi connectivity index (χ4n) is 2.25. The molecule has 1 aromatic carbocycles. The number of aryl methyl sites for hydroxylation is 3. The first-order chi connectivity index (χ1) is 9.40. The van der Waals surface area contributed by atoms with Crippen molar-refractivity contribution in [1.82, 2.24) is 9.78 Å². The minimum Gasteiger partial charge on any atom is -0.316 e. The van der Waals surface area contributed by atoms with Crippen molar-refractivity contribution in [2.24, 2.45) is 12.8 Å². The van der Waals surface area contributed by atoms with E-state index in [9.17, 15) is 4.79 Å². The summed E-state index contributed by atoms with van der Waals surface area (Å²) < 4.78 is 1.64. The van der Waals surface area contributed by atoms with E-state index >= 15 is 0 Å². The van der Waals surface area contributed by atoms with E-state index in [1.165, 1.54) is 5.56 Å². The van der Waals surface area contributed by atoms with Gasteiger partial charge >= 0.3 is 0 Å². The SMILES string of the molecule is Cc1ccc(N(C)C(=O)C(N)c2cnn(C)c2)c(C)c1. The summed E-state index contributed by atoms with van der Waals surface area (Å²) in [4.78, 5) is 14.1. The Hall–Kier alpha value is -2.14. The van der Waals surface area contributed by atoms with Gasteiger partial charge in [0.25, 0.3) is 0 Å². The molecule has 1 atom stereocenters. The van der Waals surface area contributed by atoms with Gasteiger partial charge in [0.05, 0.1) is 6.20 Å². The van der Waals surface area contributed by atoms with Crippen LogP contribution in [0.4, 0.5) is 5.69 Å². The molecule has 2 N–H and O–H groups in total. The fourth-order valence-corrected chi connectivity index (χ4v) is 2.25. The van der Waals surface area contributed by atoms with Crippen molar-refractivity contribution in [3.05, 3.63) is 47.3 Å². The van der Waals surface area contributed by atoms with Crippen LogP contribution in [0.2, 0.25) is 0 Å². The molecular formula is C15H20N4O. The van der Waals surface area contributed by atoms with Crippen LogP contribution in [-0.4, -0.2) is 22.7 Å². The molecule has 2 aromatic rings. The van der Waals surface area contributed by atoms with E-state index in [-0.39, 0.29) is 5.91 Å². The van der Waals surface area contributed by atoms with Gasteiger partial charge in [-0.1, -0.05) is 17.7 Å². The highest BCUT2D eigenvalue weighted by Gasteiger charge is 2.22. The molecule has 0 aliphatic carbocycles. The smallest absolute Gasteiger partial charge is 0.248 e. The second-order valence-corrected chi connectivity index (χ2v) is 5.11. The van der Waals surface area contributed by atoms with Crippen LogP contribution in [0.3, 0.4) is 0 Å². The Morgan fingerprint density at radius 3 is 2.65 bits per heavy atom. The van der Waals surface area contributed by atoms with E-state index < -0.39 is 6.04 Å². The number of rotatable bonds is 3. The quantitative estimate of drug-likeness (QED) is 0.925. The Bertz CT molecular complexity index is 633. The van der Waals surface area contributed by atoms with Crippen molar-refractivity contribution in [2.75, 3.05) is 11.9 Å². The topological polar surface area (TPSA) is 64.2 Å². The number of likely N-dealkylation sites (N-methyl/N-ethyl adjacent to an activating group) is 1. The Labute approximate surface area is 119 Å². The van der Waals surface area contributed by atoms with Gasteiger partial charge in [0.1, 0.15) is 6.04 Å². The Balaban J connectivity index is 2.24. The fraction of sp³-hybridized carbons (Fsp3) is 0.333. The Morgan fingerprint density at radius 1 is 1.40 bits per heavy atom. The number of hydrogen-bond acceptors (Lipinski definition) is 3. The van der Waals surface area contributed by atoms with Crippen LogP contribution in [-0.2, 0) is 11.8 Å². The maximum atomic E-state index is 12.5. The third kappa shape index (κ3) is 2.72. The summed E-state index contributed by atoms with van der Waals surface area (Å²) in [5.74, 6) is -0.148. The van der Waals surface area contributed by atoms with Gasteiger partial charge in [0.15, 0.2) is 0 Å². The lowest BCUT2D eigenvalue weighted by atomic mass is 10.1. The summed E-state index contributed by atoms with van der Waals surface area (Å²) in [5.41, 5.74) is 9.84. The third-order valence-corrected chi connectivity index (χ3v) is 3.39. The van der Waals surface area contributed by atoms with Crippen molar-refractivity contribution in [3.63, 3.8) is 0 Å². The molecule has 0 saturated carbocycles. The summed E-state index contributed by atoms with van der Waals surface area (Å²) in [6.45, 7) is 4.02. The highest BCUT2D eigenvalue weighted by molar-refractivity contribution is 5.97. The molecule has 1 unspecified atom stereocenters. The normalized spacial score (nSPS) is 12.2. The molecule has 0 saturated heterocycles. The average molecular weight is 272 g/mol. The van der Waals surface area contributed by atoms with Gasteiger partial charge in [-0.3, -0.25) is 9.48 Å². The van der Waals surface area contributed by atoms with Gasteiger partial charge in [0, 0.05) is 31.5 Å². The highest BCUT2D eigenvalue weighted by Crippen LogP contribution is 2.22. The van der Waals surface area contributed by atoms with Gasteiger partial charge < -0.3 is 10.6 Å². The van der Waals surface area contributed by atoms with Crippen molar-refractivity contribution in [1.29, 1.82) is 0 Å². The molecular weight excluding hydrogens is 252 g/mol. The predicted octanol–water partition coefficient (Wildman–Crippen LogP) is 1.70. The van der Waals surface area contributed by atoms with Crippen LogP contribution in [0.5, 0.6) is 0 Å². The molecule has 0 aliphatic heterocycles. The molecule has 1 aromatic heterocycles. The summed E-state index contributed by atoms with van der Waals surface area (Å²) in [6, 6.07) is 5.28. The zero-order valence-electron chi connectivity index (χ0n) is 12.3. The number of nitrogens with two attached hydrogens (primary N) is 1. The molecule has 5 heteroatoms. The molecule has 2 rings (SSSR count). The van der Waals surface area contributed by atoms with Crippen LogP contribution in [0.1, 0.15) is 22.7 Å². The largest absolute Gasteiger partial charge is 0.316 e. The van der Waals surface area contributed by atoms with E-state index in [1.807, 2.05) is 26.0 Å². The first-order valence-electron chi connectivity index (χ1n) is 6.49. The van der Waals surface area contributed by atoms with Gasteiger partial charge in [-0.15, -0.1) is 0 Å². The highest BCUT2D eigenvalue weighted by atomic mass is 16.2. The summed E-state index contributed by atoms with van der Waals surface area (Å²) >= 11 is 0.